The van der Waals surface area contributed by atoms with Crippen LogP contribution in [0.1, 0.15) is 5.56 Å². The zero-order valence-electron chi connectivity index (χ0n) is 11.7. The average Bonchev–Trinajstić information content (AvgIpc) is 2.39. The number of likely N-dealkylation sites (N-methyl/N-ethyl adjacent to an activating group) is 1. The Morgan fingerprint density at radius 2 is 2.10 bits per heavy atom. The van der Waals surface area contributed by atoms with E-state index in [1.54, 1.807) is 18.2 Å². The Morgan fingerprint density at radius 3 is 2.70 bits per heavy atom. The van der Waals surface area contributed by atoms with Crippen molar-refractivity contribution in [2.24, 2.45) is 10.7 Å². The highest BCUT2D eigenvalue weighted by molar-refractivity contribution is 14.0. The Morgan fingerprint density at radius 1 is 1.45 bits per heavy atom. The summed E-state index contributed by atoms with van der Waals surface area (Å²) in [6.07, 6.45) is 1.73. The maximum absolute atomic E-state index is 12.8. The molecule has 0 saturated heterocycles. The zero-order chi connectivity index (χ0) is 14.1. The molecule has 1 aromatic carbocycles. The van der Waals surface area contributed by atoms with Gasteiger partial charge in [-0.05, 0) is 24.7 Å². The third-order valence-corrected chi connectivity index (χ3v) is 2.56. The lowest BCUT2D eigenvalue weighted by Gasteiger charge is -2.15. The third-order valence-electron chi connectivity index (χ3n) is 2.56. The molecule has 6 heteroatoms. The summed E-state index contributed by atoms with van der Waals surface area (Å²) >= 11 is 0. The number of nitrogens with zero attached hydrogens (tertiary/aromatic N) is 2. The lowest BCUT2D eigenvalue weighted by molar-refractivity contribution is 0.336. The van der Waals surface area contributed by atoms with Gasteiger partial charge in [-0.1, -0.05) is 18.2 Å². The van der Waals surface area contributed by atoms with Crippen molar-refractivity contribution in [2.75, 3.05) is 26.7 Å². The van der Waals surface area contributed by atoms with Crippen LogP contribution < -0.4 is 11.1 Å². The molecule has 1 aromatic rings. The molecular formula is C14H22FIN4. The molecule has 0 aliphatic rings. The van der Waals surface area contributed by atoms with Gasteiger partial charge in [0.15, 0.2) is 5.96 Å². The summed E-state index contributed by atoms with van der Waals surface area (Å²) in [6.45, 7) is 6.36. The van der Waals surface area contributed by atoms with E-state index in [1.807, 2.05) is 7.05 Å². The summed E-state index contributed by atoms with van der Waals surface area (Å²) < 4.78 is 12.8. The van der Waals surface area contributed by atoms with E-state index in [2.05, 4.69) is 21.8 Å². The summed E-state index contributed by atoms with van der Waals surface area (Å²) in [4.78, 5) is 6.30. The van der Waals surface area contributed by atoms with E-state index in [9.17, 15) is 4.39 Å². The van der Waals surface area contributed by atoms with E-state index >= 15 is 0 Å². The summed E-state index contributed by atoms with van der Waals surface area (Å²) in [6, 6.07) is 6.52. The van der Waals surface area contributed by atoms with Crippen molar-refractivity contribution in [3.05, 3.63) is 48.3 Å². The fourth-order valence-electron chi connectivity index (χ4n) is 1.55. The van der Waals surface area contributed by atoms with Crippen LogP contribution in [0.25, 0.3) is 0 Å². The van der Waals surface area contributed by atoms with Crippen LogP contribution in [-0.2, 0) is 6.54 Å². The first-order chi connectivity index (χ1) is 9.11. The first-order valence-electron chi connectivity index (χ1n) is 6.19. The number of nitrogens with two attached hydrogens (primary N) is 1. The van der Waals surface area contributed by atoms with Gasteiger partial charge in [0.1, 0.15) is 5.82 Å². The molecule has 0 heterocycles. The summed E-state index contributed by atoms with van der Waals surface area (Å²) in [5, 5.41) is 2.91. The lowest BCUT2D eigenvalue weighted by Crippen LogP contribution is -2.32. The Balaban J connectivity index is 0.00000361. The van der Waals surface area contributed by atoms with Gasteiger partial charge in [-0.15, -0.1) is 30.6 Å². The van der Waals surface area contributed by atoms with Crippen LogP contribution in [0, 0.1) is 5.82 Å². The molecule has 0 radical (unpaired) electrons. The average molecular weight is 392 g/mol. The molecule has 0 bridgehead atoms. The molecular weight excluding hydrogens is 370 g/mol. The molecule has 1 rings (SSSR count). The minimum atomic E-state index is -0.211. The highest BCUT2D eigenvalue weighted by Crippen LogP contribution is 2.05. The Hall–Kier alpha value is -1.15. The van der Waals surface area contributed by atoms with Gasteiger partial charge in [0.05, 0.1) is 6.54 Å². The van der Waals surface area contributed by atoms with E-state index in [1.165, 1.54) is 12.1 Å². The number of guanidine groups is 1. The molecule has 0 aliphatic carbocycles. The van der Waals surface area contributed by atoms with E-state index in [0.717, 1.165) is 18.7 Å². The Kier molecular flexibility index (Phi) is 10.0. The van der Waals surface area contributed by atoms with Gasteiger partial charge in [0.25, 0.3) is 0 Å². The Bertz CT molecular complexity index is 420. The number of aliphatic imine (C=N–C) groups is 1. The second kappa shape index (κ2) is 10.6. The van der Waals surface area contributed by atoms with Gasteiger partial charge in [0, 0.05) is 19.6 Å². The van der Waals surface area contributed by atoms with E-state index in [-0.39, 0.29) is 29.8 Å². The maximum Gasteiger partial charge on any atom is 0.188 e. The fourth-order valence-corrected chi connectivity index (χ4v) is 1.55. The number of halogens is 2. The predicted octanol–water partition coefficient (Wildman–Crippen LogP) is 1.97. The standard InChI is InChI=1S/C14H21FN4.HI/c1-3-8-17-14(16)18-9-10-19(2)11-12-4-6-13(15)7-5-12;/h3-7H,1,8-11H2,2H3,(H3,16,17,18);1H. The zero-order valence-corrected chi connectivity index (χ0v) is 14.0. The van der Waals surface area contributed by atoms with Gasteiger partial charge in [-0.25, -0.2) is 4.39 Å². The van der Waals surface area contributed by atoms with E-state index in [0.29, 0.717) is 19.0 Å². The topological polar surface area (TPSA) is 53.6 Å². The highest BCUT2D eigenvalue weighted by Gasteiger charge is 2.00. The number of rotatable bonds is 7. The summed E-state index contributed by atoms with van der Waals surface area (Å²) in [5.41, 5.74) is 6.72. The van der Waals surface area contributed by atoms with Gasteiger partial charge < -0.3 is 16.0 Å². The number of hydrogen-bond acceptors (Lipinski definition) is 2. The molecule has 20 heavy (non-hydrogen) atoms. The molecule has 0 unspecified atom stereocenters. The Labute approximate surface area is 137 Å². The normalized spacial score (nSPS) is 11.1. The first-order valence-corrected chi connectivity index (χ1v) is 6.19. The molecule has 112 valence electrons. The first kappa shape index (κ1) is 18.9. The van der Waals surface area contributed by atoms with Gasteiger partial charge in [-0.3, -0.25) is 4.99 Å². The summed E-state index contributed by atoms with van der Waals surface area (Å²) in [7, 11) is 1.99. The monoisotopic (exact) mass is 392 g/mol. The van der Waals surface area contributed by atoms with Crippen LogP contribution in [0.4, 0.5) is 4.39 Å². The number of benzene rings is 1. The molecule has 0 fully saturated rings. The SMILES string of the molecule is C=CCNC(N)=NCCN(C)Cc1ccc(F)cc1.I. The smallest absolute Gasteiger partial charge is 0.188 e. The molecule has 0 aromatic heterocycles. The van der Waals surface area contributed by atoms with Gasteiger partial charge >= 0.3 is 0 Å². The maximum atomic E-state index is 12.8. The number of hydrogen-bond donors (Lipinski definition) is 2. The lowest BCUT2D eigenvalue weighted by atomic mass is 10.2. The van der Waals surface area contributed by atoms with Crippen molar-refractivity contribution in [2.45, 2.75) is 6.54 Å². The van der Waals surface area contributed by atoms with Crippen LogP contribution in [-0.4, -0.2) is 37.5 Å². The van der Waals surface area contributed by atoms with Crippen molar-refractivity contribution in [1.29, 1.82) is 0 Å². The molecule has 0 atom stereocenters. The van der Waals surface area contributed by atoms with Crippen LogP contribution in [0.2, 0.25) is 0 Å². The second-order valence-corrected chi connectivity index (χ2v) is 4.30. The van der Waals surface area contributed by atoms with E-state index in [4.69, 9.17) is 5.73 Å². The van der Waals surface area contributed by atoms with Crippen molar-refractivity contribution in [3.63, 3.8) is 0 Å². The molecule has 0 amide bonds. The van der Waals surface area contributed by atoms with Crippen molar-refractivity contribution >= 4 is 29.9 Å². The minimum Gasteiger partial charge on any atom is -0.370 e. The number of nitrogens with one attached hydrogen (secondary N) is 1. The predicted molar refractivity (Wildman–Crippen MR) is 92.8 cm³/mol. The van der Waals surface area contributed by atoms with Crippen LogP contribution in [0.5, 0.6) is 0 Å². The van der Waals surface area contributed by atoms with Crippen molar-refractivity contribution in [1.82, 2.24) is 10.2 Å². The fraction of sp³-hybridized carbons (Fsp3) is 0.357. The van der Waals surface area contributed by atoms with Gasteiger partial charge in [0.2, 0.25) is 0 Å². The van der Waals surface area contributed by atoms with Crippen molar-refractivity contribution in [3.8, 4) is 0 Å². The quantitative estimate of drug-likeness (QED) is 0.323. The largest absolute Gasteiger partial charge is 0.370 e. The minimum absolute atomic E-state index is 0. The van der Waals surface area contributed by atoms with Crippen LogP contribution >= 0.6 is 24.0 Å². The van der Waals surface area contributed by atoms with Crippen molar-refractivity contribution < 1.29 is 4.39 Å². The van der Waals surface area contributed by atoms with E-state index < -0.39 is 0 Å². The molecule has 0 aliphatic heterocycles. The second-order valence-electron chi connectivity index (χ2n) is 4.30. The third kappa shape index (κ3) is 8.11. The van der Waals surface area contributed by atoms with Gasteiger partial charge in [-0.2, -0.15) is 0 Å². The van der Waals surface area contributed by atoms with Crippen LogP contribution in [0.15, 0.2) is 41.9 Å². The molecule has 4 nitrogen and oxygen atoms in total. The molecule has 3 N–H and O–H groups in total. The highest BCUT2D eigenvalue weighted by atomic mass is 127. The van der Waals surface area contributed by atoms with Crippen LogP contribution in [0.3, 0.4) is 0 Å². The molecule has 0 spiro atoms. The molecule has 0 saturated carbocycles. The summed E-state index contributed by atoms with van der Waals surface area (Å²) in [5.74, 6) is 0.215.